The molecule has 2 aliphatic rings. The van der Waals surface area contributed by atoms with Crippen LogP contribution in [0.3, 0.4) is 0 Å². The highest BCUT2D eigenvalue weighted by Crippen LogP contribution is 1.90. The van der Waals surface area contributed by atoms with Gasteiger partial charge in [0.25, 0.3) is 0 Å². The maximum Gasteiger partial charge on any atom is 0.131 e. The van der Waals surface area contributed by atoms with Crippen molar-refractivity contribution >= 4 is 24.8 Å². The summed E-state index contributed by atoms with van der Waals surface area (Å²) in [6.45, 7) is 0.944. The summed E-state index contributed by atoms with van der Waals surface area (Å²) in [6.07, 6.45) is 6.24. The van der Waals surface area contributed by atoms with Crippen LogP contribution in [0.5, 0.6) is 0 Å². The normalized spacial score (nSPS) is 17.1. The largest absolute Gasteiger partial charge is 0.317 e. The summed E-state index contributed by atoms with van der Waals surface area (Å²) in [4.78, 5) is 16.9. The second-order valence-corrected chi connectivity index (χ2v) is 1.64. The van der Waals surface area contributed by atoms with Crippen LogP contribution in [0.25, 0.3) is 0 Å². The van der Waals surface area contributed by atoms with E-state index in [2.05, 4.69) is 29.6 Å². The highest BCUT2D eigenvalue weighted by atomic mass is 35.5. The van der Waals surface area contributed by atoms with Gasteiger partial charge < -0.3 is 9.78 Å². The Bertz CT molecular complexity index is 128. The number of hydrogen-bond acceptors (Lipinski definition) is 6. The van der Waals surface area contributed by atoms with E-state index >= 15 is 0 Å². The number of halogens is 2. The number of hydrogen-bond donors (Lipinski definition) is 0. The fourth-order valence-electron chi connectivity index (χ4n) is 0.392. The lowest BCUT2D eigenvalue weighted by molar-refractivity contribution is -0.493. The van der Waals surface area contributed by atoms with Gasteiger partial charge in [0, 0.05) is 0 Å². The Morgan fingerprint density at radius 3 is 1.21 bits per heavy atom. The molecule has 0 N–H and O–H groups in total. The summed E-state index contributed by atoms with van der Waals surface area (Å²) in [5, 5.41) is 7.97. The van der Waals surface area contributed by atoms with Gasteiger partial charge in [-0.1, -0.05) is 0 Å². The van der Waals surface area contributed by atoms with Gasteiger partial charge >= 0.3 is 0 Å². The van der Waals surface area contributed by atoms with Gasteiger partial charge in [-0.15, -0.1) is 24.8 Å². The summed E-state index contributed by atoms with van der Waals surface area (Å²) < 4.78 is 0. The standard InChI is InChI=1S/2C3H4O3.2ClH/c2*1-2-4-6-5-3-1;;/h2*1-2H,3H2;2*1H. The van der Waals surface area contributed by atoms with Crippen molar-refractivity contribution in [2.24, 2.45) is 0 Å². The molecular weight excluding hydrogens is 239 g/mol. The van der Waals surface area contributed by atoms with Crippen LogP contribution in [0.15, 0.2) is 24.7 Å². The maximum absolute atomic E-state index is 4.26. The Morgan fingerprint density at radius 2 is 1.14 bits per heavy atom. The molecule has 0 unspecified atom stereocenters. The van der Waals surface area contributed by atoms with E-state index in [1.54, 1.807) is 12.2 Å². The van der Waals surface area contributed by atoms with Gasteiger partial charge in [-0.3, -0.25) is 0 Å². The molecule has 0 saturated carbocycles. The van der Waals surface area contributed by atoms with Crippen LogP contribution in [-0.4, -0.2) is 13.2 Å². The van der Waals surface area contributed by atoms with Crippen LogP contribution in [0, 0.1) is 0 Å². The van der Waals surface area contributed by atoms with E-state index in [9.17, 15) is 0 Å². The highest BCUT2D eigenvalue weighted by molar-refractivity contribution is 5.85. The summed E-state index contributed by atoms with van der Waals surface area (Å²) in [5.74, 6) is 0. The minimum Gasteiger partial charge on any atom is -0.317 e. The van der Waals surface area contributed by atoms with Crippen LogP contribution in [0.1, 0.15) is 0 Å². The third kappa shape index (κ3) is 9.59. The van der Waals surface area contributed by atoms with Gasteiger partial charge in [-0.05, 0) is 22.2 Å². The van der Waals surface area contributed by atoms with Crippen molar-refractivity contribution in [3.63, 3.8) is 0 Å². The molecule has 2 rings (SSSR count). The monoisotopic (exact) mass is 248 g/mol. The van der Waals surface area contributed by atoms with Gasteiger partial charge in [-0.25, -0.2) is 0 Å². The Labute approximate surface area is 92.9 Å². The first kappa shape index (κ1) is 15.9. The Hall–Kier alpha value is -0.500. The third-order valence-corrected chi connectivity index (χ3v) is 0.807. The predicted octanol–water partition coefficient (Wildman–Crippen LogP) is 1.63. The fraction of sp³-hybridized carbons (Fsp3) is 0.333. The Morgan fingerprint density at radius 1 is 0.714 bits per heavy atom. The molecule has 0 aromatic carbocycles. The molecule has 14 heavy (non-hydrogen) atoms. The lowest BCUT2D eigenvalue weighted by atomic mass is 10.7. The van der Waals surface area contributed by atoms with Crippen LogP contribution in [0.2, 0.25) is 0 Å². The summed E-state index contributed by atoms with van der Waals surface area (Å²) in [7, 11) is 0. The second kappa shape index (κ2) is 12.5. The van der Waals surface area contributed by atoms with Crippen molar-refractivity contribution in [1.82, 2.24) is 0 Å². The zero-order valence-corrected chi connectivity index (χ0v) is 8.62. The van der Waals surface area contributed by atoms with Crippen LogP contribution in [-0.2, 0) is 29.6 Å². The summed E-state index contributed by atoms with van der Waals surface area (Å²) in [5.41, 5.74) is 0. The minimum atomic E-state index is 0. The van der Waals surface area contributed by atoms with Crippen molar-refractivity contribution < 1.29 is 29.6 Å². The van der Waals surface area contributed by atoms with Crippen LogP contribution < -0.4 is 0 Å². The molecule has 0 aromatic rings. The molecule has 0 aromatic heterocycles. The second-order valence-electron chi connectivity index (χ2n) is 1.64. The molecule has 0 spiro atoms. The molecule has 8 heteroatoms. The average Bonchev–Trinajstić information content (AvgIpc) is 2.24. The molecule has 0 saturated heterocycles. The first-order valence-corrected chi connectivity index (χ1v) is 3.20. The lowest BCUT2D eigenvalue weighted by Crippen LogP contribution is -1.96. The molecule has 6 nitrogen and oxygen atoms in total. The van der Waals surface area contributed by atoms with Gasteiger partial charge in [-0.2, -0.15) is 9.78 Å². The topological polar surface area (TPSA) is 55.4 Å². The van der Waals surface area contributed by atoms with Gasteiger partial charge in [0.05, 0.1) is 0 Å². The molecule has 2 aliphatic heterocycles. The van der Waals surface area contributed by atoms with Crippen molar-refractivity contribution in [1.29, 1.82) is 0 Å². The van der Waals surface area contributed by atoms with Crippen molar-refractivity contribution in [2.45, 2.75) is 0 Å². The van der Waals surface area contributed by atoms with E-state index in [-0.39, 0.29) is 24.8 Å². The quantitative estimate of drug-likeness (QED) is 0.608. The van der Waals surface area contributed by atoms with Gasteiger partial charge in [0.2, 0.25) is 0 Å². The zero-order chi connectivity index (χ0) is 8.49. The molecular formula is C6H10Cl2O6. The Balaban J connectivity index is 0. The molecule has 0 fully saturated rings. The van der Waals surface area contributed by atoms with E-state index in [4.69, 9.17) is 0 Å². The van der Waals surface area contributed by atoms with E-state index in [1.807, 2.05) is 0 Å². The first-order valence-electron chi connectivity index (χ1n) is 3.20. The van der Waals surface area contributed by atoms with Crippen molar-refractivity contribution in [3.05, 3.63) is 24.7 Å². The fourth-order valence-corrected chi connectivity index (χ4v) is 0.392. The highest BCUT2D eigenvalue weighted by Gasteiger charge is 1.87. The van der Waals surface area contributed by atoms with Crippen molar-refractivity contribution in [3.8, 4) is 0 Å². The van der Waals surface area contributed by atoms with E-state index in [0.29, 0.717) is 13.2 Å². The smallest absolute Gasteiger partial charge is 0.131 e. The number of rotatable bonds is 0. The molecule has 0 radical (unpaired) electrons. The van der Waals surface area contributed by atoms with E-state index in [1.165, 1.54) is 12.5 Å². The third-order valence-electron chi connectivity index (χ3n) is 0.807. The first-order chi connectivity index (χ1) is 6.00. The zero-order valence-electron chi connectivity index (χ0n) is 6.99. The molecule has 0 atom stereocenters. The summed E-state index contributed by atoms with van der Waals surface area (Å²) >= 11 is 0. The average molecular weight is 249 g/mol. The van der Waals surface area contributed by atoms with Crippen molar-refractivity contribution in [2.75, 3.05) is 13.2 Å². The summed E-state index contributed by atoms with van der Waals surface area (Å²) in [6, 6.07) is 0. The minimum absolute atomic E-state index is 0. The Kier molecular flexibility index (Phi) is 14.2. The van der Waals surface area contributed by atoms with Gasteiger partial charge in [0.15, 0.2) is 0 Å². The van der Waals surface area contributed by atoms with Gasteiger partial charge in [0.1, 0.15) is 25.7 Å². The predicted molar refractivity (Wildman–Crippen MR) is 49.0 cm³/mol. The molecule has 0 aliphatic carbocycles. The van der Waals surface area contributed by atoms with Crippen LogP contribution in [0.4, 0.5) is 0 Å². The van der Waals surface area contributed by atoms with Crippen LogP contribution >= 0.6 is 24.8 Å². The van der Waals surface area contributed by atoms with E-state index in [0.717, 1.165) is 0 Å². The molecule has 2 heterocycles. The SMILES string of the molecule is C1=COOOC1.C1=COOOC1.Cl.Cl. The van der Waals surface area contributed by atoms with E-state index < -0.39 is 0 Å². The molecule has 84 valence electrons. The molecule has 0 amide bonds. The maximum atomic E-state index is 4.26. The lowest BCUT2D eigenvalue weighted by Gasteiger charge is -1.99. The molecule has 0 bridgehead atoms.